The molecule has 1 N–H and O–H groups in total. The van der Waals surface area contributed by atoms with E-state index in [1.54, 1.807) is 6.08 Å². The van der Waals surface area contributed by atoms with E-state index in [1.807, 2.05) is 31.2 Å². The topological polar surface area (TPSA) is 45.0 Å². The summed E-state index contributed by atoms with van der Waals surface area (Å²) in [4.78, 5) is 0. The number of benzene rings is 1. The molecule has 0 aliphatic carbocycles. The zero-order valence-electron chi connectivity index (χ0n) is 10.1. The molecule has 1 rings (SSSR count). The summed E-state index contributed by atoms with van der Waals surface area (Å²) in [5, 5.41) is 11.9. The summed E-state index contributed by atoms with van der Waals surface area (Å²) < 4.78 is 5.55. The van der Waals surface area contributed by atoms with Gasteiger partial charge in [-0.3, -0.25) is 0 Å². The summed E-state index contributed by atoms with van der Waals surface area (Å²) in [6.45, 7) is 7.42. The van der Waals surface area contributed by atoms with E-state index >= 15 is 0 Å². The lowest BCUT2D eigenvalue weighted by atomic mass is 10.1. The van der Waals surface area contributed by atoms with Crippen LogP contribution in [0.5, 0.6) is 5.75 Å². The summed E-state index contributed by atoms with van der Waals surface area (Å²) >= 11 is 0. The fourth-order valence-corrected chi connectivity index (χ4v) is 1.41. The van der Waals surface area contributed by atoms with E-state index in [0.717, 1.165) is 11.3 Å². The molecule has 0 amide bonds. The highest BCUT2D eigenvalue weighted by molar-refractivity contribution is 5.33. The molecular weight excluding hydrogens is 212 g/mol. The van der Waals surface area contributed by atoms with E-state index in [1.165, 1.54) is 0 Å². The molecule has 0 bridgehead atoms. The third-order valence-electron chi connectivity index (χ3n) is 2.32. The Labute approximate surface area is 103 Å². The highest BCUT2D eigenvalue weighted by Crippen LogP contribution is 2.17. The third kappa shape index (κ3) is 4.71. The van der Waals surface area contributed by atoms with Crippen LogP contribution in [0.4, 0.5) is 0 Å². The Kier molecular flexibility index (Phi) is 5.84. The van der Waals surface area contributed by atoms with Gasteiger partial charge >= 0.3 is 0 Å². The molecule has 0 aromatic heterocycles. The van der Waals surface area contributed by atoms with Gasteiger partial charge in [-0.25, -0.2) is 0 Å². The predicted octanol–water partition coefficient (Wildman–Crippen LogP) is 2.50. The van der Waals surface area contributed by atoms with Gasteiger partial charge in [0.05, 0.1) is 12.0 Å². The number of nitrogens with zero attached hydrogens (tertiary/aromatic N) is 1. The van der Waals surface area contributed by atoms with E-state index < -0.39 is 0 Å². The molecule has 0 saturated carbocycles. The quantitative estimate of drug-likeness (QED) is 0.732. The van der Waals surface area contributed by atoms with Crippen molar-refractivity contribution in [2.24, 2.45) is 5.92 Å². The lowest BCUT2D eigenvalue weighted by molar-refractivity contribution is 0.357. The molecule has 0 aliphatic rings. The number of rotatable bonds is 7. The van der Waals surface area contributed by atoms with E-state index in [2.05, 4.69) is 18.0 Å². The van der Waals surface area contributed by atoms with Crippen LogP contribution in [0.3, 0.4) is 0 Å². The summed E-state index contributed by atoms with van der Waals surface area (Å²) in [7, 11) is 0. The van der Waals surface area contributed by atoms with Crippen molar-refractivity contribution in [1.82, 2.24) is 5.32 Å². The number of hydrogen-bond acceptors (Lipinski definition) is 3. The largest absolute Gasteiger partial charge is 0.489 e. The predicted molar refractivity (Wildman–Crippen MR) is 68.6 cm³/mol. The number of nitriles is 1. The highest BCUT2D eigenvalue weighted by Gasteiger charge is 2.03. The van der Waals surface area contributed by atoms with Gasteiger partial charge in [0.25, 0.3) is 0 Å². The molecule has 0 radical (unpaired) electrons. The molecule has 0 spiro atoms. The molecule has 0 fully saturated rings. The van der Waals surface area contributed by atoms with E-state index in [-0.39, 0.29) is 5.92 Å². The molecule has 0 heterocycles. The summed E-state index contributed by atoms with van der Waals surface area (Å²) in [6.07, 6.45) is 1.72. The van der Waals surface area contributed by atoms with E-state index in [9.17, 15) is 0 Å². The normalized spacial score (nSPS) is 11.5. The van der Waals surface area contributed by atoms with Crippen molar-refractivity contribution >= 4 is 0 Å². The van der Waals surface area contributed by atoms with Crippen molar-refractivity contribution in [2.75, 3.05) is 13.2 Å². The summed E-state index contributed by atoms with van der Waals surface area (Å²) in [5.74, 6) is 0.890. The fraction of sp³-hybridized carbons (Fsp3) is 0.357. The van der Waals surface area contributed by atoms with Gasteiger partial charge in [-0.1, -0.05) is 30.9 Å². The lowest BCUT2D eigenvalue weighted by Gasteiger charge is -2.11. The molecule has 3 heteroatoms. The van der Waals surface area contributed by atoms with Crippen molar-refractivity contribution in [2.45, 2.75) is 13.5 Å². The van der Waals surface area contributed by atoms with Crippen molar-refractivity contribution in [3.63, 3.8) is 0 Å². The van der Waals surface area contributed by atoms with Gasteiger partial charge in [-0.15, -0.1) is 0 Å². The minimum absolute atomic E-state index is 0.0243. The van der Waals surface area contributed by atoms with Crippen molar-refractivity contribution in [3.8, 4) is 11.8 Å². The standard InChI is InChI=1S/C14H18N2O/c1-3-8-17-14-7-5-4-6-13(14)11-16-10-12(2)9-15/h3-7,12,16H,1,8,10-11H2,2H3. The van der Waals surface area contributed by atoms with Crippen LogP contribution in [0.2, 0.25) is 0 Å². The Balaban J connectivity index is 2.52. The van der Waals surface area contributed by atoms with Crippen molar-refractivity contribution in [1.29, 1.82) is 5.26 Å². The molecule has 1 atom stereocenters. The molecule has 17 heavy (non-hydrogen) atoms. The molecule has 3 nitrogen and oxygen atoms in total. The second-order valence-corrected chi connectivity index (χ2v) is 3.87. The Morgan fingerprint density at radius 2 is 2.29 bits per heavy atom. The summed E-state index contributed by atoms with van der Waals surface area (Å²) in [5.41, 5.74) is 1.10. The maximum Gasteiger partial charge on any atom is 0.124 e. The van der Waals surface area contributed by atoms with Gasteiger partial charge in [0.1, 0.15) is 12.4 Å². The second-order valence-electron chi connectivity index (χ2n) is 3.87. The van der Waals surface area contributed by atoms with Crippen LogP contribution in [-0.2, 0) is 6.54 Å². The molecule has 90 valence electrons. The Bertz CT molecular complexity index is 395. The van der Waals surface area contributed by atoms with Crippen LogP contribution in [0.1, 0.15) is 12.5 Å². The van der Waals surface area contributed by atoms with E-state index in [4.69, 9.17) is 10.00 Å². The van der Waals surface area contributed by atoms with Crippen LogP contribution in [0, 0.1) is 17.2 Å². The average molecular weight is 230 g/mol. The van der Waals surface area contributed by atoms with Gasteiger partial charge in [0.15, 0.2) is 0 Å². The Morgan fingerprint density at radius 3 is 3.00 bits per heavy atom. The number of ether oxygens (including phenoxy) is 1. The zero-order chi connectivity index (χ0) is 12.5. The second kappa shape index (κ2) is 7.48. The maximum absolute atomic E-state index is 8.68. The van der Waals surface area contributed by atoms with Gasteiger partial charge in [-0.05, 0) is 13.0 Å². The number of hydrogen-bond donors (Lipinski definition) is 1. The molecule has 0 saturated heterocycles. The van der Waals surface area contributed by atoms with Gasteiger partial charge in [0.2, 0.25) is 0 Å². The van der Waals surface area contributed by atoms with Gasteiger partial charge in [-0.2, -0.15) is 5.26 Å². The Morgan fingerprint density at radius 1 is 1.53 bits per heavy atom. The first-order chi connectivity index (χ1) is 8.27. The molecule has 0 aliphatic heterocycles. The molecule has 1 unspecified atom stereocenters. The monoisotopic (exact) mass is 230 g/mol. The summed E-state index contributed by atoms with van der Waals surface area (Å²) in [6, 6.07) is 10.1. The van der Waals surface area contributed by atoms with Crippen LogP contribution in [-0.4, -0.2) is 13.2 Å². The number of para-hydroxylation sites is 1. The van der Waals surface area contributed by atoms with Crippen LogP contribution < -0.4 is 10.1 Å². The minimum atomic E-state index is 0.0243. The minimum Gasteiger partial charge on any atom is -0.489 e. The lowest BCUT2D eigenvalue weighted by Crippen LogP contribution is -2.20. The molecular formula is C14H18N2O. The third-order valence-corrected chi connectivity index (χ3v) is 2.32. The van der Waals surface area contributed by atoms with Crippen LogP contribution >= 0.6 is 0 Å². The fourth-order valence-electron chi connectivity index (χ4n) is 1.41. The maximum atomic E-state index is 8.68. The van der Waals surface area contributed by atoms with E-state index in [0.29, 0.717) is 19.7 Å². The number of nitrogens with one attached hydrogen (secondary N) is 1. The first-order valence-corrected chi connectivity index (χ1v) is 5.70. The zero-order valence-corrected chi connectivity index (χ0v) is 10.1. The smallest absolute Gasteiger partial charge is 0.124 e. The average Bonchev–Trinajstić information content (AvgIpc) is 2.37. The van der Waals surface area contributed by atoms with Crippen LogP contribution in [0.25, 0.3) is 0 Å². The van der Waals surface area contributed by atoms with Crippen molar-refractivity contribution in [3.05, 3.63) is 42.5 Å². The van der Waals surface area contributed by atoms with Crippen LogP contribution in [0.15, 0.2) is 36.9 Å². The van der Waals surface area contributed by atoms with Gasteiger partial charge < -0.3 is 10.1 Å². The van der Waals surface area contributed by atoms with Gasteiger partial charge in [0, 0.05) is 18.7 Å². The molecule has 1 aromatic rings. The molecule has 1 aromatic carbocycles. The first kappa shape index (κ1) is 13.3. The SMILES string of the molecule is C=CCOc1ccccc1CNCC(C)C#N. The Hall–Kier alpha value is -1.79. The van der Waals surface area contributed by atoms with Crippen molar-refractivity contribution < 1.29 is 4.74 Å². The first-order valence-electron chi connectivity index (χ1n) is 5.70. The highest BCUT2D eigenvalue weighted by atomic mass is 16.5.